The maximum absolute atomic E-state index is 5.57. The standard InChI is InChI=1S/C24H24N2O.ClH/c1-16-7-9-22-21(13-16)19-11-12-25-14-23(19)26(22)15-17-8-10-24(27-2)20-6-4-3-5-18(17)20;/h3-10,13,25H,11-12,14-15H2,1-2H3;1H. The predicted octanol–water partition coefficient (Wildman–Crippen LogP) is 5.23. The number of hydrogen-bond acceptors (Lipinski definition) is 2. The Labute approximate surface area is 171 Å². The van der Waals surface area contributed by atoms with Gasteiger partial charge in [0, 0.05) is 35.1 Å². The molecule has 0 spiro atoms. The Morgan fingerprint density at radius 1 is 1.00 bits per heavy atom. The minimum absolute atomic E-state index is 0. The zero-order valence-corrected chi connectivity index (χ0v) is 17.1. The molecule has 0 amide bonds. The predicted molar refractivity (Wildman–Crippen MR) is 119 cm³/mol. The second-order valence-corrected chi connectivity index (χ2v) is 7.43. The van der Waals surface area contributed by atoms with Crippen LogP contribution in [-0.2, 0) is 19.5 Å². The summed E-state index contributed by atoms with van der Waals surface area (Å²) in [5.41, 5.74) is 6.95. The van der Waals surface area contributed by atoms with Gasteiger partial charge in [-0.3, -0.25) is 0 Å². The van der Waals surface area contributed by atoms with Gasteiger partial charge in [-0.1, -0.05) is 42.0 Å². The van der Waals surface area contributed by atoms with Gasteiger partial charge in [0.1, 0.15) is 5.75 Å². The third kappa shape index (κ3) is 2.95. The molecule has 28 heavy (non-hydrogen) atoms. The van der Waals surface area contributed by atoms with Crippen molar-refractivity contribution in [3.63, 3.8) is 0 Å². The van der Waals surface area contributed by atoms with Crippen molar-refractivity contribution in [2.45, 2.75) is 26.4 Å². The number of aryl methyl sites for hydroxylation is 1. The van der Waals surface area contributed by atoms with Crippen LogP contribution in [0.1, 0.15) is 22.4 Å². The molecule has 0 unspecified atom stereocenters. The van der Waals surface area contributed by atoms with Crippen molar-refractivity contribution >= 4 is 34.1 Å². The summed E-state index contributed by atoms with van der Waals surface area (Å²) in [6, 6.07) is 19.7. The average molecular weight is 393 g/mol. The fourth-order valence-electron chi connectivity index (χ4n) is 4.49. The summed E-state index contributed by atoms with van der Waals surface area (Å²) in [4.78, 5) is 0. The average Bonchev–Trinajstić information content (AvgIpc) is 3.01. The van der Waals surface area contributed by atoms with Crippen LogP contribution in [0.2, 0.25) is 0 Å². The van der Waals surface area contributed by atoms with E-state index < -0.39 is 0 Å². The fourth-order valence-corrected chi connectivity index (χ4v) is 4.49. The van der Waals surface area contributed by atoms with Crippen LogP contribution < -0.4 is 10.1 Å². The highest BCUT2D eigenvalue weighted by Crippen LogP contribution is 2.33. The molecule has 5 rings (SSSR count). The number of fused-ring (bicyclic) bond motifs is 4. The van der Waals surface area contributed by atoms with Crippen LogP contribution in [0, 0.1) is 6.92 Å². The Morgan fingerprint density at radius 3 is 2.64 bits per heavy atom. The van der Waals surface area contributed by atoms with Gasteiger partial charge >= 0.3 is 0 Å². The molecule has 3 aromatic carbocycles. The molecule has 0 saturated heterocycles. The molecule has 0 saturated carbocycles. The Balaban J connectivity index is 0.00000192. The van der Waals surface area contributed by atoms with E-state index >= 15 is 0 Å². The molecule has 3 nitrogen and oxygen atoms in total. The molecule has 0 radical (unpaired) electrons. The SMILES string of the molecule is COc1ccc(Cn2c3c(c4cc(C)ccc42)CCNC3)c2ccccc12.Cl. The van der Waals surface area contributed by atoms with Crippen LogP contribution >= 0.6 is 12.4 Å². The van der Waals surface area contributed by atoms with Crippen molar-refractivity contribution in [2.75, 3.05) is 13.7 Å². The zero-order chi connectivity index (χ0) is 18.4. The Bertz CT molecular complexity index is 1160. The normalized spacial score (nSPS) is 13.4. The minimum Gasteiger partial charge on any atom is -0.496 e. The molecule has 2 heterocycles. The Kier molecular flexibility index (Phi) is 5.05. The first-order valence-corrected chi connectivity index (χ1v) is 9.62. The summed E-state index contributed by atoms with van der Waals surface area (Å²) in [6.07, 6.45) is 1.10. The van der Waals surface area contributed by atoms with Crippen molar-refractivity contribution in [3.05, 3.63) is 77.0 Å². The van der Waals surface area contributed by atoms with E-state index in [2.05, 4.69) is 71.4 Å². The van der Waals surface area contributed by atoms with E-state index in [9.17, 15) is 0 Å². The number of methoxy groups -OCH3 is 1. The van der Waals surface area contributed by atoms with Gasteiger partial charge in [0.05, 0.1) is 7.11 Å². The van der Waals surface area contributed by atoms with Crippen molar-refractivity contribution in [2.24, 2.45) is 0 Å². The molecule has 4 heteroatoms. The first-order chi connectivity index (χ1) is 13.3. The third-order valence-corrected chi connectivity index (χ3v) is 5.81. The molecule has 1 aromatic heterocycles. The third-order valence-electron chi connectivity index (χ3n) is 5.81. The molecule has 144 valence electrons. The number of halogens is 1. The number of ether oxygens (including phenoxy) is 1. The van der Waals surface area contributed by atoms with E-state index in [0.717, 1.165) is 31.8 Å². The summed E-state index contributed by atoms with van der Waals surface area (Å²) in [6.45, 7) is 5.06. The van der Waals surface area contributed by atoms with Gasteiger partial charge in [0.15, 0.2) is 0 Å². The molecule has 0 aliphatic carbocycles. The maximum Gasteiger partial charge on any atom is 0.126 e. The van der Waals surface area contributed by atoms with Gasteiger partial charge in [-0.05, 0) is 54.6 Å². The molecule has 4 aromatic rings. The van der Waals surface area contributed by atoms with Crippen molar-refractivity contribution in [1.82, 2.24) is 9.88 Å². The monoisotopic (exact) mass is 392 g/mol. The highest BCUT2D eigenvalue weighted by atomic mass is 35.5. The lowest BCUT2D eigenvalue weighted by atomic mass is 10.0. The number of rotatable bonds is 3. The minimum atomic E-state index is 0. The van der Waals surface area contributed by atoms with Crippen LogP contribution in [0.3, 0.4) is 0 Å². The summed E-state index contributed by atoms with van der Waals surface area (Å²) in [5.74, 6) is 0.936. The molecular formula is C24H25ClN2O. The number of benzene rings is 3. The number of nitrogens with one attached hydrogen (secondary N) is 1. The highest BCUT2D eigenvalue weighted by Gasteiger charge is 2.20. The van der Waals surface area contributed by atoms with Crippen LogP contribution in [0.15, 0.2) is 54.6 Å². The Hall–Kier alpha value is -2.49. The molecule has 0 bridgehead atoms. The van der Waals surface area contributed by atoms with Crippen LogP contribution in [-0.4, -0.2) is 18.2 Å². The lowest BCUT2D eigenvalue weighted by Crippen LogP contribution is -2.25. The van der Waals surface area contributed by atoms with Gasteiger partial charge in [0.25, 0.3) is 0 Å². The van der Waals surface area contributed by atoms with E-state index in [1.54, 1.807) is 7.11 Å². The lowest BCUT2D eigenvalue weighted by Gasteiger charge is -2.18. The van der Waals surface area contributed by atoms with E-state index in [-0.39, 0.29) is 12.4 Å². The van der Waals surface area contributed by atoms with E-state index in [4.69, 9.17) is 4.74 Å². The summed E-state index contributed by atoms with van der Waals surface area (Å²) in [5, 5.41) is 7.42. The second-order valence-electron chi connectivity index (χ2n) is 7.43. The smallest absolute Gasteiger partial charge is 0.126 e. The zero-order valence-electron chi connectivity index (χ0n) is 16.3. The molecular weight excluding hydrogens is 368 g/mol. The molecule has 1 aliphatic rings. The van der Waals surface area contributed by atoms with Gasteiger partial charge < -0.3 is 14.6 Å². The fraction of sp³-hybridized carbons (Fsp3) is 0.250. The van der Waals surface area contributed by atoms with Crippen molar-refractivity contribution < 1.29 is 4.74 Å². The van der Waals surface area contributed by atoms with Gasteiger partial charge in [-0.15, -0.1) is 12.4 Å². The quantitative estimate of drug-likeness (QED) is 0.516. The first kappa shape index (κ1) is 18.9. The largest absolute Gasteiger partial charge is 0.496 e. The Morgan fingerprint density at radius 2 is 1.82 bits per heavy atom. The summed E-state index contributed by atoms with van der Waals surface area (Å²) in [7, 11) is 1.74. The van der Waals surface area contributed by atoms with E-state index in [0.29, 0.717) is 0 Å². The lowest BCUT2D eigenvalue weighted by molar-refractivity contribution is 0.419. The number of nitrogens with zero attached hydrogens (tertiary/aromatic N) is 1. The van der Waals surface area contributed by atoms with E-state index in [1.165, 1.54) is 44.1 Å². The number of hydrogen-bond donors (Lipinski definition) is 1. The first-order valence-electron chi connectivity index (χ1n) is 9.62. The summed E-state index contributed by atoms with van der Waals surface area (Å²) < 4.78 is 8.08. The van der Waals surface area contributed by atoms with Gasteiger partial charge in [-0.2, -0.15) is 0 Å². The topological polar surface area (TPSA) is 26.2 Å². The summed E-state index contributed by atoms with van der Waals surface area (Å²) >= 11 is 0. The second kappa shape index (κ2) is 7.50. The molecule has 0 atom stereocenters. The van der Waals surface area contributed by atoms with Crippen molar-refractivity contribution in [1.29, 1.82) is 0 Å². The van der Waals surface area contributed by atoms with E-state index in [1.807, 2.05) is 0 Å². The number of aromatic nitrogens is 1. The molecule has 1 N–H and O–H groups in total. The molecule has 1 aliphatic heterocycles. The van der Waals surface area contributed by atoms with Crippen LogP contribution in [0.4, 0.5) is 0 Å². The van der Waals surface area contributed by atoms with Crippen LogP contribution in [0.5, 0.6) is 5.75 Å². The van der Waals surface area contributed by atoms with Gasteiger partial charge in [0.2, 0.25) is 0 Å². The van der Waals surface area contributed by atoms with Gasteiger partial charge in [-0.25, -0.2) is 0 Å². The van der Waals surface area contributed by atoms with Crippen LogP contribution in [0.25, 0.3) is 21.7 Å². The highest BCUT2D eigenvalue weighted by molar-refractivity contribution is 5.92. The molecule has 0 fully saturated rings. The van der Waals surface area contributed by atoms with Crippen molar-refractivity contribution in [3.8, 4) is 5.75 Å². The maximum atomic E-state index is 5.57.